The van der Waals surface area contributed by atoms with Gasteiger partial charge in [0.1, 0.15) is 11.6 Å². The van der Waals surface area contributed by atoms with E-state index < -0.39 is 29.6 Å². The maximum absolute atomic E-state index is 13.3. The fraction of sp³-hybridized carbons (Fsp3) is 0.357. The predicted octanol–water partition coefficient (Wildman–Crippen LogP) is 1.61. The second-order valence-electron chi connectivity index (χ2n) is 4.37. The first-order valence-electron chi connectivity index (χ1n) is 6.24. The summed E-state index contributed by atoms with van der Waals surface area (Å²) >= 11 is 0. The van der Waals surface area contributed by atoms with Gasteiger partial charge in [-0.25, -0.2) is 8.78 Å². The summed E-state index contributed by atoms with van der Waals surface area (Å²) in [4.78, 5) is 33.8. The van der Waals surface area contributed by atoms with Crippen molar-refractivity contribution >= 4 is 17.7 Å². The molecule has 0 aliphatic carbocycles. The van der Waals surface area contributed by atoms with Crippen molar-refractivity contribution < 1.29 is 27.9 Å². The molecule has 0 spiro atoms. The monoisotopic (exact) mass is 299 g/mol. The average Bonchev–Trinajstić information content (AvgIpc) is 2.38. The van der Waals surface area contributed by atoms with Crippen molar-refractivity contribution in [2.75, 3.05) is 6.54 Å². The predicted molar refractivity (Wildman–Crippen MR) is 69.5 cm³/mol. The van der Waals surface area contributed by atoms with Crippen LogP contribution in [-0.4, -0.2) is 30.3 Å². The van der Waals surface area contributed by atoms with Gasteiger partial charge in [-0.2, -0.15) is 0 Å². The Balaban J connectivity index is 2.43. The number of Topliss-reactive ketones (excluding diaryl/α,β-unsaturated/α-hetero) is 1. The van der Waals surface area contributed by atoms with E-state index in [1.54, 1.807) is 0 Å². The molecule has 1 rings (SSSR count). The van der Waals surface area contributed by atoms with Crippen molar-refractivity contribution in [2.24, 2.45) is 0 Å². The van der Waals surface area contributed by atoms with Gasteiger partial charge < -0.3 is 10.1 Å². The van der Waals surface area contributed by atoms with Gasteiger partial charge in [-0.05, 0) is 26.0 Å². The molecule has 0 aromatic heterocycles. The van der Waals surface area contributed by atoms with Crippen molar-refractivity contribution in [3.8, 4) is 0 Å². The van der Waals surface area contributed by atoms with Crippen LogP contribution in [0.25, 0.3) is 0 Å². The molecule has 7 heteroatoms. The number of ketones is 1. The minimum Gasteiger partial charge on any atom is -0.455 e. The number of ether oxygens (including phenoxy) is 1. The minimum absolute atomic E-state index is 0.0842. The number of amides is 1. The van der Waals surface area contributed by atoms with Gasteiger partial charge in [0, 0.05) is 12.6 Å². The molecule has 0 heterocycles. The summed E-state index contributed by atoms with van der Waals surface area (Å²) in [6.07, 6.45) is -1.01. The summed E-state index contributed by atoms with van der Waals surface area (Å²) in [5.41, 5.74) is -0.318. The van der Waals surface area contributed by atoms with Crippen molar-refractivity contribution in [1.29, 1.82) is 0 Å². The highest BCUT2D eigenvalue weighted by atomic mass is 19.1. The third-order valence-electron chi connectivity index (χ3n) is 2.67. The van der Waals surface area contributed by atoms with Crippen molar-refractivity contribution in [3.63, 3.8) is 0 Å². The zero-order valence-corrected chi connectivity index (χ0v) is 11.6. The SMILES string of the molecule is CC(=O)C(C)OC(=O)CCNC(=O)c1ccc(F)cc1F. The Hall–Kier alpha value is -2.31. The van der Waals surface area contributed by atoms with E-state index in [0.29, 0.717) is 6.07 Å². The molecule has 1 N–H and O–H groups in total. The lowest BCUT2D eigenvalue weighted by atomic mass is 10.2. The van der Waals surface area contributed by atoms with Crippen LogP contribution in [0.3, 0.4) is 0 Å². The zero-order chi connectivity index (χ0) is 16.0. The molecule has 0 saturated carbocycles. The smallest absolute Gasteiger partial charge is 0.308 e. The number of nitrogens with one attached hydrogen (secondary N) is 1. The molecule has 1 amide bonds. The summed E-state index contributed by atoms with van der Waals surface area (Å²) in [6.45, 7) is 2.64. The molecule has 0 aliphatic heterocycles. The topological polar surface area (TPSA) is 72.5 Å². The fourth-order valence-corrected chi connectivity index (χ4v) is 1.39. The van der Waals surface area contributed by atoms with Crippen LogP contribution in [0.15, 0.2) is 18.2 Å². The Kier molecular flexibility index (Phi) is 5.95. The molecule has 0 bridgehead atoms. The first-order chi connectivity index (χ1) is 9.81. The largest absolute Gasteiger partial charge is 0.455 e. The number of benzene rings is 1. The fourth-order valence-electron chi connectivity index (χ4n) is 1.39. The van der Waals surface area contributed by atoms with E-state index in [1.807, 2.05) is 0 Å². The first kappa shape index (κ1) is 16.7. The maximum Gasteiger partial charge on any atom is 0.308 e. The summed E-state index contributed by atoms with van der Waals surface area (Å²) in [5.74, 6) is -3.48. The van der Waals surface area contributed by atoms with E-state index >= 15 is 0 Å². The van der Waals surface area contributed by atoms with E-state index in [1.165, 1.54) is 13.8 Å². The second-order valence-corrected chi connectivity index (χ2v) is 4.37. The van der Waals surface area contributed by atoms with Crippen LogP contribution >= 0.6 is 0 Å². The molecule has 5 nitrogen and oxygen atoms in total. The average molecular weight is 299 g/mol. The van der Waals surface area contributed by atoms with E-state index in [4.69, 9.17) is 4.74 Å². The molecule has 0 aliphatic rings. The lowest BCUT2D eigenvalue weighted by Gasteiger charge is -2.10. The number of carbonyl (C=O) groups excluding carboxylic acids is 3. The van der Waals surface area contributed by atoms with E-state index in [2.05, 4.69) is 5.32 Å². The number of hydrogen-bond acceptors (Lipinski definition) is 4. The Morgan fingerprint density at radius 2 is 1.95 bits per heavy atom. The van der Waals surface area contributed by atoms with Crippen molar-refractivity contribution in [3.05, 3.63) is 35.4 Å². The molecule has 1 aromatic carbocycles. The Bertz CT molecular complexity index is 560. The van der Waals surface area contributed by atoms with E-state index in [0.717, 1.165) is 12.1 Å². The molecule has 21 heavy (non-hydrogen) atoms. The quantitative estimate of drug-likeness (QED) is 0.810. The molecule has 1 unspecified atom stereocenters. The Morgan fingerprint density at radius 3 is 2.52 bits per heavy atom. The maximum atomic E-state index is 13.3. The van der Waals surface area contributed by atoms with Crippen LogP contribution in [0.4, 0.5) is 8.78 Å². The summed E-state index contributed by atoms with van der Waals surface area (Å²) in [7, 11) is 0. The lowest BCUT2D eigenvalue weighted by Crippen LogP contribution is -2.29. The number of esters is 1. The standard InChI is InChI=1S/C14H15F2NO4/c1-8(18)9(2)21-13(19)5-6-17-14(20)11-4-3-10(15)7-12(11)16/h3-4,7,9H,5-6H2,1-2H3,(H,17,20). The number of hydrogen-bond donors (Lipinski definition) is 1. The van der Waals surface area contributed by atoms with E-state index in [9.17, 15) is 23.2 Å². The molecule has 0 fully saturated rings. The number of rotatable bonds is 6. The highest BCUT2D eigenvalue weighted by Crippen LogP contribution is 2.09. The van der Waals surface area contributed by atoms with Gasteiger partial charge >= 0.3 is 5.97 Å². The highest BCUT2D eigenvalue weighted by molar-refractivity contribution is 5.94. The Labute approximate surface area is 120 Å². The zero-order valence-electron chi connectivity index (χ0n) is 11.6. The molecule has 1 aromatic rings. The van der Waals surface area contributed by atoms with Crippen LogP contribution in [0.2, 0.25) is 0 Å². The van der Waals surface area contributed by atoms with Crippen LogP contribution in [-0.2, 0) is 14.3 Å². The minimum atomic E-state index is -0.986. The summed E-state index contributed by atoms with van der Waals surface area (Å²) < 4.78 is 30.8. The normalized spacial score (nSPS) is 11.6. The first-order valence-corrected chi connectivity index (χ1v) is 6.24. The molecule has 0 radical (unpaired) electrons. The highest BCUT2D eigenvalue weighted by Gasteiger charge is 2.15. The molecular weight excluding hydrogens is 284 g/mol. The molecule has 1 atom stereocenters. The molecule has 0 saturated heterocycles. The molecular formula is C14H15F2NO4. The van der Waals surface area contributed by atoms with Gasteiger partial charge in [0.05, 0.1) is 12.0 Å². The number of halogens is 2. The lowest BCUT2D eigenvalue weighted by molar-refractivity contribution is -0.153. The van der Waals surface area contributed by atoms with Crippen LogP contribution in [0.5, 0.6) is 0 Å². The van der Waals surface area contributed by atoms with E-state index in [-0.39, 0.29) is 24.3 Å². The Morgan fingerprint density at radius 1 is 1.29 bits per heavy atom. The van der Waals surface area contributed by atoms with Gasteiger partial charge in [0.15, 0.2) is 11.9 Å². The van der Waals surface area contributed by atoms with Crippen LogP contribution < -0.4 is 5.32 Å². The van der Waals surface area contributed by atoms with Crippen molar-refractivity contribution in [2.45, 2.75) is 26.4 Å². The molecule has 114 valence electrons. The van der Waals surface area contributed by atoms with Gasteiger partial charge in [0.25, 0.3) is 5.91 Å². The van der Waals surface area contributed by atoms with Gasteiger partial charge in [-0.15, -0.1) is 0 Å². The third-order valence-corrected chi connectivity index (χ3v) is 2.67. The van der Waals surface area contributed by atoms with Gasteiger partial charge in [0.2, 0.25) is 0 Å². The van der Waals surface area contributed by atoms with Gasteiger partial charge in [-0.3, -0.25) is 14.4 Å². The number of carbonyl (C=O) groups is 3. The van der Waals surface area contributed by atoms with Crippen LogP contribution in [0.1, 0.15) is 30.6 Å². The van der Waals surface area contributed by atoms with Gasteiger partial charge in [-0.1, -0.05) is 0 Å². The third kappa shape index (κ3) is 5.29. The second kappa shape index (κ2) is 7.47. The summed E-state index contributed by atoms with van der Waals surface area (Å²) in [5, 5.41) is 2.31. The van der Waals surface area contributed by atoms with Crippen molar-refractivity contribution in [1.82, 2.24) is 5.32 Å². The summed E-state index contributed by atoms with van der Waals surface area (Å²) in [6, 6.07) is 2.56. The van der Waals surface area contributed by atoms with Crippen LogP contribution in [0, 0.1) is 11.6 Å².